The first-order chi connectivity index (χ1) is 12.5. The molecule has 0 aliphatic carbocycles. The standard InChI is InChI=1S/C18H25FN4O2S/c1-14(17(24)22-10-12-26-13-11-22)20-18(25)23-8-6-21(7-9-23)16-4-2-15(19)3-5-16/h2-5,14H,6-13H2,1H3,(H,20,25). The lowest BCUT2D eigenvalue weighted by Gasteiger charge is -2.37. The van der Waals surface area contributed by atoms with E-state index in [1.807, 2.05) is 16.7 Å². The number of hydrogen-bond acceptors (Lipinski definition) is 4. The van der Waals surface area contributed by atoms with Gasteiger partial charge in [-0.25, -0.2) is 9.18 Å². The number of halogens is 1. The molecule has 3 amide bonds. The van der Waals surface area contributed by atoms with E-state index in [0.717, 1.165) is 30.3 Å². The fraction of sp³-hybridized carbons (Fsp3) is 0.556. The number of benzene rings is 1. The number of piperazine rings is 1. The van der Waals surface area contributed by atoms with Crippen LogP contribution < -0.4 is 10.2 Å². The summed E-state index contributed by atoms with van der Waals surface area (Å²) < 4.78 is 13.0. The molecule has 1 aromatic rings. The number of thioether (sulfide) groups is 1. The maximum absolute atomic E-state index is 13.0. The number of carbonyl (C=O) groups is 2. The van der Waals surface area contributed by atoms with Gasteiger partial charge in [-0.3, -0.25) is 4.79 Å². The molecule has 3 rings (SSSR count). The molecule has 142 valence electrons. The molecule has 1 N–H and O–H groups in total. The van der Waals surface area contributed by atoms with Crippen molar-refractivity contribution in [1.82, 2.24) is 15.1 Å². The van der Waals surface area contributed by atoms with Crippen LogP contribution >= 0.6 is 11.8 Å². The Morgan fingerprint density at radius 1 is 1.00 bits per heavy atom. The van der Waals surface area contributed by atoms with Crippen molar-refractivity contribution >= 4 is 29.4 Å². The first-order valence-corrected chi connectivity index (χ1v) is 10.1. The normalized spacial score (nSPS) is 19.2. The fourth-order valence-corrected chi connectivity index (χ4v) is 4.12. The number of anilines is 1. The molecule has 2 aliphatic heterocycles. The SMILES string of the molecule is CC(NC(=O)N1CCN(c2ccc(F)cc2)CC1)C(=O)N1CCSCC1. The molecule has 0 radical (unpaired) electrons. The maximum atomic E-state index is 13.0. The van der Waals surface area contributed by atoms with Crippen LogP contribution in [0.4, 0.5) is 14.9 Å². The third kappa shape index (κ3) is 4.60. The Kier molecular flexibility index (Phi) is 6.24. The van der Waals surface area contributed by atoms with Gasteiger partial charge in [-0.1, -0.05) is 0 Å². The molecule has 2 saturated heterocycles. The first-order valence-electron chi connectivity index (χ1n) is 8.97. The summed E-state index contributed by atoms with van der Waals surface area (Å²) in [6.45, 7) is 5.77. The quantitative estimate of drug-likeness (QED) is 0.866. The van der Waals surface area contributed by atoms with Crippen LogP contribution in [0.5, 0.6) is 0 Å². The third-order valence-corrected chi connectivity index (χ3v) is 5.73. The molecule has 0 saturated carbocycles. The summed E-state index contributed by atoms with van der Waals surface area (Å²) in [7, 11) is 0. The van der Waals surface area contributed by atoms with Crippen LogP contribution in [0.2, 0.25) is 0 Å². The molecular weight excluding hydrogens is 355 g/mol. The highest BCUT2D eigenvalue weighted by molar-refractivity contribution is 7.99. The maximum Gasteiger partial charge on any atom is 0.318 e. The molecule has 1 atom stereocenters. The average molecular weight is 380 g/mol. The summed E-state index contributed by atoms with van der Waals surface area (Å²) in [6.07, 6.45) is 0. The van der Waals surface area contributed by atoms with Crippen LogP contribution in [-0.2, 0) is 4.79 Å². The van der Waals surface area contributed by atoms with Gasteiger partial charge >= 0.3 is 6.03 Å². The largest absolute Gasteiger partial charge is 0.368 e. The third-order valence-electron chi connectivity index (χ3n) is 4.79. The van der Waals surface area contributed by atoms with Crippen molar-refractivity contribution < 1.29 is 14.0 Å². The molecule has 0 spiro atoms. The summed E-state index contributed by atoms with van der Waals surface area (Å²) in [5.74, 6) is 1.65. The van der Waals surface area contributed by atoms with E-state index in [2.05, 4.69) is 10.2 Å². The minimum Gasteiger partial charge on any atom is -0.368 e. The van der Waals surface area contributed by atoms with Crippen LogP contribution in [-0.4, -0.2) is 78.6 Å². The number of hydrogen-bond donors (Lipinski definition) is 1. The van der Waals surface area contributed by atoms with E-state index in [1.54, 1.807) is 24.0 Å². The van der Waals surface area contributed by atoms with Crippen LogP contribution in [0.25, 0.3) is 0 Å². The zero-order chi connectivity index (χ0) is 18.5. The van der Waals surface area contributed by atoms with Gasteiger partial charge in [0.15, 0.2) is 0 Å². The molecule has 2 heterocycles. The van der Waals surface area contributed by atoms with E-state index in [1.165, 1.54) is 12.1 Å². The molecule has 2 aliphatic rings. The highest BCUT2D eigenvalue weighted by Gasteiger charge is 2.27. The number of rotatable bonds is 3. The number of urea groups is 1. The van der Waals surface area contributed by atoms with Crippen LogP contribution in [0.15, 0.2) is 24.3 Å². The van der Waals surface area contributed by atoms with Crippen molar-refractivity contribution in [2.24, 2.45) is 0 Å². The monoisotopic (exact) mass is 380 g/mol. The first kappa shape index (κ1) is 18.8. The predicted molar refractivity (Wildman–Crippen MR) is 102 cm³/mol. The second-order valence-corrected chi connectivity index (χ2v) is 7.78. The number of amides is 3. The van der Waals surface area contributed by atoms with Crippen molar-refractivity contribution in [3.8, 4) is 0 Å². The van der Waals surface area contributed by atoms with Gasteiger partial charge in [0.1, 0.15) is 11.9 Å². The van der Waals surface area contributed by atoms with Gasteiger partial charge < -0.3 is 20.0 Å². The summed E-state index contributed by atoms with van der Waals surface area (Å²) >= 11 is 1.85. The molecule has 1 aromatic carbocycles. The molecule has 0 aromatic heterocycles. The van der Waals surface area contributed by atoms with Gasteiger partial charge in [0.25, 0.3) is 0 Å². The second-order valence-electron chi connectivity index (χ2n) is 6.56. The van der Waals surface area contributed by atoms with Gasteiger partial charge in [0, 0.05) is 56.5 Å². The smallest absolute Gasteiger partial charge is 0.318 e. The van der Waals surface area contributed by atoms with E-state index in [0.29, 0.717) is 26.2 Å². The molecule has 26 heavy (non-hydrogen) atoms. The van der Waals surface area contributed by atoms with Crippen LogP contribution in [0.3, 0.4) is 0 Å². The van der Waals surface area contributed by atoms with Crippen molar-refractivity contribution in [2.75, 3.05) is 55.7 Å². The van der Waals surface area contributed by atoms with E-state index in [-0.39, 0.29) is 17.8 Å². The van der Waals surface area contributed by atoms with Crippen molar-refractivity contribution in [3.05, 3.63) is 30.1 Å². The Morgan fingerprint density at radius 3 is 2.23 bits per heavy atom. The molecule has 1 unspecified atom stereocenters. The number of carbonyl (C=O) groups excluding carboxylic acids is 2. The van der Waals surface area contributed by atoms with Gasteiger partial charge in [0.05, 0.1) is 0 Å². The minimum absolute atomic E-state index is 0.0106. The zero-order valence-corrected chi connectivity index (χ0v) is 15.8. The molecule has 0 bridgehead atoms. The summed E-state index contributed by atoms with van der Waals surface area (Å²) in [6, 6.07) is 5.68. The van der Waals surface area contributed by atoms with E-state index >= 15 is 0 Å². The van der Waals surface area contributed by atoms with Crippen molar-refractivity contribution in [3.63, 3.8) is 0 Å². The Morgan fingerprint density at radius 2 is 1.62 bits per heavy atom. The fourth-order valence-electron chi connectivity index (χ4n) is 3.22. The Labute approximate surface area is 157 Å². The molecule has 8 heteroatoms. The lowest BCUT2D eigenvalue weighted by Crippen LogP contribution is -2.56. The summed E-state index contributed by atoms with van der Waals surface area (Å²) in [4.78, 5) is 30.6. The summed E-state index contributed by atoms with van der Waals surface area (Å²) in [5, 5.41) is 2.83. The lowest BCUT2D eigenvalue weighted by atomic mass is 10.2. The number of nitrogens with zero attached hydrogens (tertiary/aromatic N) is 3. The Bertz CT molecular complexity index is 629. The van der Waals surface area contributed by atoms with Crippen molar-refractivity contribution in [1.29, 1.82) is 0 Å². The van der Waals surface area contributed by atoms with Crippen LogP contribution in [0, 0.1) is 5.82 Å². The van der Waals surface area contributed by atoms with Crippen LogP contribution in [0.1, 0.15) is 6.92 Å². The highest BCUT2D eigenvalue weighted by Crippen LogP contribution is 2.17. The lowest BCUT2D eigenvalue weighted by molar-refractivity contribution is -0.132. The summed E-state index contributed by atoms with van der Waals surface area (Å²) in [5.41, 5.74) is 0.956. The van der Waals surface area contributed by atoms with Gasteiger partial charge in [0.2, 0.25) is 5.91 Å². The van der Waals surface area contributed by atoms with E-state index in [9.17, 15) is 14.0 Å². The van der Waals surface area contributed by atoms with Crippen molar-refractivity contribution in [2.45, 2.75) is 13.0 Å². The van der Waals surface area contributed by atoms with Gasteiger partial charge in [-0.2, -0.15) is 11.8 Å². The topological polar surface area (TPSA) is 55.9 Å². The predicted octanol–water partition coefficient (Wildman–Crippen LogP) is 1.62. The van der Waals surface area contributed by atoms with E-state index < -0.39 is 6.04 Å². The molecule has 2 fully saturated rings. The number of nitrogens with one attached hydrogen (secondary N) is 1. The average Bonchev–Trinajstić information content (AvgIpc) is 2.68. The molecule has 6 nitrogen and oxygen atoms in total. The zero-order valence-electron chi connectivity index (χ0n) is 15.0. The Hall–Kier alpha value is -1.96. The molecular formula is C18H25FN4O2S. The minimum atomic E-state index is -0.513. The van der Waals surface area contributed by atoms with Gasteiger partial charge in [-0.05, 0) is 31.2 Å². The van der Waals surface area contributed by atoms with E-state index in [4.69, 9.17) is 0 Å². The van der Waals surface area contributed by atoms with Gasteiger partial charge in [-0.15, -0.1) is 0 Å². The highest BCUT2D eigenvalue weighted by atomic mass is 32.2. The second kappa shape index (κ2) is 8.62. The Balaban J connectivity index is 1.47.